The molecule has 1 aromatic heterocycles. The summed E-state index contributed by atoms with van der Waals surface area (Å²) in [6, 6.07) is 12.2. The molecule has 9 nitrogen and oxygen atoms in total. The Kier molecular flexibility index (Phi) is 5.78. The third-order valence-electron chi connectivity index (χ3n) is 5.40. The Labute approximate surface area is 189 Å². The number of aliphatic hydroxyl groups is 1. The Bertz CT molecular complexity index is 1240. The number of ketones is 1. The van der Waals surface area contributed by atoms with Crippen LogP contribution in [-0.2, 0) is 9.59 Å². The van der Waals surface area contributed by atoms with Crippen LogP contribution >= 0.6 is 0 Å². The standard InChI is InChI=1S/C24H22N2O7/c1-13-11-19(25-33-13)26-21(14-5-8-16(30-2)9-6-14)20(23(28)24(26)29)22(27)15-7-10-17(31-3)18(12-15)32-4/h5-12,21,27H,1-4H3/b22-20+. The summed E-state index contributed by atoms with van der Waals surface area (Å²) in [5.74, 6) is 0.0471. The van der Waals surface area contributed by atoms with E-state index in [0.717, 1.165) is 0 Å². The largest absolute Gasteiger partial charge is 0.507 e. The summed E-state index contributed by atoms with van der Waals surface area (Å²) in [5, 5.41) is 15.1. The van der Waals surface area contributed by atoms with E-state index in [1.54, 1.807) is 49.4 Å². The number of amides is 1. The van der Waals surface area contributed by atoms with Gasteiger partial charge in [0.25, 0.3) is 5.78 Å². The molecule has 170 valence electrons. The van der Waals surface area contributed by atoms with Crippen molar-refractivity contribution in [1.29, 1.82) is 0 Å². The van der Waals surface area contributed by atoms with Crippen molar-refractivity contribution in [2.75, 3.05) is 26.2 Å². The van der Waals surface area contributed by atoms with Crippen LogP contribution in [0.2, 0.25) is 0 Å². The SMILES string of the molecule is COc1ccc(C2/C(=C(\O)c3ccc(OC)c(OC)c3)C(=O)C(=O)N2c2cc(C)on2)cc1. The van der Waals surface area contributed by atoms with Crippen molar-refractivity contribution in [2.45, 2.75) is 13.0 Å². The molecule has 1 saturated heterocycles. The number of hydrogen-bond acceptors (Lipinski definition) is 8. The van der Waals surface area contributed by atoms with E-state index in [9.17, 15) is 14.7 Å². The summed E-state index contributed by atoms with van der Waals surface area (Å²) in [6.07, 6.45) is 0. The van der Waals surface area contributed by atoms with Crippen LogP contribution in [0.4, 0.5) is 5.82 Å². The van der Waals surface area contributed by atoms with Crippen molar-refractivity contribution in [1.82, 2.24) is 5.16 Å². The second kappa shape index (κ2) is 8.70. The fourth-order valence-corrected chi connectivity index (χ4v) is 3.78. The Morgan fingerprint density at radius 1 is 0.970 bits per heavy atom. The zero-order valence-corrected chi connectivity index (χ0v) is 18.5. The van der Waals surface area contributed by atoms with Crippen molar-refractivity contribution in [3.63, 3.8) is 0 Å². The summed E-state index contributed by atoms with van der Waals surface area (Å²) in [6.45, 7) is 1.68. The average Bonchev–Trinajstić information content (AvgIpc) is 3.38. The first-order chi connectivity index (χ1) is 15.9. The van der Waals surface area contributed by atoms with E-state index in [0.29, 0.717) is 34.1 Å². The fraction of sp³-hybridized carbons (Fsp3) is 0.208. The molecule has 1 atom stereocenters. The Morgan fingerprint density at radius 2 is 1.67 bits per heavy atom. The number of rotatable bonds is 6. The second-order valence-electron chi connectivity index (χ2n) is 7.31. The molecular formula is C24H22N2O7. The van der Waals surface area contributed by atoms with E-state index in [1.165, 1.54) is 32.3 Å². The van der Waals surface area contributed by atoms with Gasteiger partial charge in [-0.25, -0.2) is 0 Å². The van der Waals surface area contributed by atoms with Gasteiger partial charge in [0.15, 0.2) is 17.3 Å². The number of aromatic nitrogens is 1. The van der Waals surface area contributed by atoms with Gasteiger partial charge < -0.3 is 23.8 Å². The predicted molar refractivity (Wildman–Crippen MR) is 119 cm³/mol. The molecule has 4 rings (SSSR count). The zero-order valence-electron chi connectivity index (χ0n) is 18.5. The number of methoxy groups -OCH3 is 3. The molecule has 1 aliphatic rings. The maximum Gasteiger partial charge on any atom is 0.301 e. The van der Waals surface area contributed by atoms with Crippen LogP contribution in [0.1, 0.15) is 22.9 Å². The monoisotopic (exact) mass is 450 g/mol. The van der Waals surface area contributed by atoms with E-state index in [-0.39, 0.29) is 17.2 Å². The third-order valence-corrected chi connectivity index (χ3v) is 5.40. The average molecular weight is 450 g/mol. The van der Waals surface area contributed by atoms with Crippen LogP contribution in [0.5, 0.6) is 17.2 Å². The number of aryl methyl sites for hydroxylation is 1. The molecule has 1 amide bonds. The van der Waals surface area contributed by atoms with Crippen LogP contribution in [0.15, 0.2) is 58.6 Å². The summed E-state index contributed by atoms with van der Waals surface area (Å²) in [7, 11) is 4.49. The summed E-state index contributed by atoms with van der Waals surface area (Å²) >= 11 is 0. The minimum absolute atomic E-state index is 0.0851. The van der Waals surface area contributed by atoms with Gasteiger partial charge in [0.05, 0.1) is 32.9 Å². The summed E-state index contributed by atoms with van der Waals surface area (Å²) < 4.78 is 20.9. The predicted octanol–water partition coefficient (Wildman–Crippen LogP) is 3.64. The second-order valence-corrected chi connectivity index (χ2v) is 7.31. The molecule has 0 bridgehead atoms. The van der Waals surface area contributed by atoms with Crippen molar-refractivity contribution < 1.29 is 33.4 Å². The van der Waals surface area contributed by atoms with Gasteiger partial charge >= 0.3 is 5.91 Å². The minimum atomic E-state index is -0.937. The molecule has 33 heavy (non-hydrogen) atoms. The third kappa shape index (κ3) is 3.78. The summed E-state index contributed by atoms with van der Waals surface area (Å²) in [5.41, 5.74) is 0.788. The molecule has 1 fully saturated rings. The number of carbonyl (C=O) groups is 2. The van der Waals surface area contributed by atoms with E-state index in [1.807, 2.05) is 0 Å². The van der Waals surface area contributed by atoms with Gasteiger partial charge in [-0.15, -0.1) is 0 Å². The van der Waals surface area contributed by atoms with Crippen molar-refractivity contribution in [2.24, 2.45) is 0 Å². The zero-order chi connectivity index (χ0) is 23.7. The Hall–Kier alpha value is -4.27. The number of nitrogens with zero attached hydrogens (tertiary/aromatic N) is 2. The molecule has 9 heteroatoms. The lowest BCUT2D eigenvalue weighted by atomic mass is 9.95. The smallest absolute Gasteiger partial charge is 0.301 e. The number of benzene rings is 2. The van der Waals surface area contributed by atoms with E-state index >= 15 is 0 Å². The first-order valence-corrected chi connectivity index (χ1v) is 10.00. The van der Waals surface area contributed by atoms with Gasteiger partial charge in [-0.1, -0.05) is 17.3 Å². The lowest BCUT2D eigenvalue weighted by Crippen LogP contribution is -2.29. The molecule has 0 saturated carbocycles. The van der Waals surface area contributed by atoms with Crippen molar-refractivity contribution in [3.05, 3.63) is 71.0 Å². The highest BCUT2D eigenvalue weighted by Crippen LogP contribution is 2.43. The highest BCUT2D eigenvalue weighted by Gasteiger charge is 2.48. The number of hydrogen-bond donors (Lipinski definition) is 1. The quantitative estimate of drug-likeness (QED) is 0.344. The van der Waals surface area contributed by atoms with Gasteiger partial charge in [-0.2, -0.15) is 0 Å². The number of carbonyl (C=O) groups excluding carboxylic acids is 2. The highest BCUT2D eigenvalue weighted by molar-refractivity contribution is 6.51. The molecule has 1 N–H and O–H groups in total. The van der Waals surface area contributed by atoms with E-state index < -0.39 is 17.7 Å². The van der Waals surface area contributed by atoms with Crippen LogP contribution in [-0.4, -0.2) is 43.3 Å². The molecule has 1 unspecified atom stereocenters. The molecule has 3 aromatic rings. The normalized spacial score (nSPS) is 17.3. The number of aliphatic hydroxyl groups excluding tert-OH is 1. The van der Waals surface area contributed by atoms with Gasteiger partial charge in [0, 0.05) is 11.6 Å². The van der Waals surface area contributed by atoms with Crippen molar-refractivity contribution >= 4 is 23.3 Å². The Morgan fingerprint density at radius 3 is 2.24 bits per heavy atom. The maximum atomic E-state index is 13.1. The van der Waals surface area contributed by atoms with Crippen molar-refractivity contribution in [3.8, 4) is 17.2 Å². The van der Waals surface area contributed by atoms with E-state index in [4.69, 9.17) is 18.7 Å². The molecule has 2 aromatic carbocycles. The van der Waals surface area contributed by atoms with Gasteiger partial charge in [-0.05, 0) is 42.8 Å². The van der Waals surface area contributed by atoms with Crippen LogP contribution in [0, 0.1) is 6.92 Å². The number of anilines is 1. The van der Waals surface area contributed by atoms with Crippen LogP contribution in [0.3, 0.4) is 0 Å². The first-order valence-electron chi connectivity index (χ1n) is 10.00. The highest BCUT2D eigenvalue weighted by atomic mass is 16.5. The van der Waals surface area contributed by atoms with Gasteiger partial charge in [-0.3, -0.25) is 14.5 Å². The number of ether oxygens (including phenoxy) is 3. The molecular weight excluding hydrogens is 428 g/mol. The van der Waals surface area contributed by atoms with Crippen LogP contribution < -0.4 is 19.1 Å². The topological polar surface area (TPSA) is 111 Å². The number of Topliss-reactive ketones (excluding diaryl/α,β-unsaturated/α-hetero) is 1. The molecule has 0 spiro atoms. The maximum absolute atomic E-state index is 13.1. The van der Waals surface area contributed by atoms with Crippen LogP contribution in [0.25, 0.3) is 5.76 Å². The Balaban J connectivity index is 1.92. The molecule has 2 heterocycles. The van der Waals surface area contributed by atoms with E-state index in [2.05, 4.69) is 5.16 Å². The fourth-order valence-electron chi connectivity index (χ4n) is 3.78. The minimum Gasteiger partial charge on any atom is -0.507 e. The lowest BCUT2D eigenvalue weighted by Gasteiger charge is -2.23. The lowest BCUT2D eigenvalue weighted by molar-refractivity contribution is -0.132. The summed E-state index contributed by atoms with van der Waals surface area (Å²) in [4.78, 5) is 27.4. The molecule has 0 aliphatic carbocycles. The molecule has 1 aliphatic heterocycles. The molecule has 0 radical (unpaired) electrons. The van der Waals surface area contributed by atoms with Gasteiger partial charge in [0.1, 0.15) is 17.3 Å². The first kappa shape index (κ1) is 21.9. The van der Waals surface area contributed by atoms with Gasteiger partial charge in [0.2, 0.25) is 0 Å².